The first-order valence-corrected chi connectivity index (χ1v) is 12.9. The summed E-state index contributed by atoms with van der Waals surface area (Å²) in [6.07, 6.45) is 1.30. The second-order valence-corrected chi connectivity index (χ2v) is 10.3. The fourth-order valence-corrected chi connectivity index (χ4v) is 5.98. The summed E-state index contributed by atoms with van der Waals surface area (Å²) in [5, 5.41) is 30.3. The first-order valence-electron chi connectivity index (χ1n) is 12.1. The minimum absolute atomic E-state index is 0.0345. The maximum absolute atomic E-state index is 15.5. The van der Waals surface area contributed by atoms with E-state index in [1.165, 1.54) is 23.6 Å². The largest absolute Gasteiger partial charge is 0.487 e. The van der Waals surface area contributed by atoms with E-state index in [9.17, 15) is 24.8 Å². The summed E-state index contributed by atoms with van der Waals surface area (Å²) in [7, 11) is 0. The molecule has 14 heteroatoms. The molecule has 4 aromatic rings. The molecule has 1 fully saturated rings. The van der Waals surface area contributed by atoms with Gasteiger partial charge in [0.1, 0.15) is 17.9 Å². The van der Waals surface area contributed by atoms with Crippen LogP contribution in [-0.2, 0) is 0 Å². The highest BCUT2D eigenvalue weighted by Crippen LogP contribution is 2.42. The maximum atomic E-state index is 15.5. The number of piperazine rings is 1. The maximum Gasteiger partial charge on any atom is 0.341 e. The average molecular weight is 553 g/mol. The number of anilines is 2. The van der Waals surface area contributed by atoms with Gasteiger partial charge in [0.05, 0.1) is 27.4 Å². The van der Waals surface area contributed by atoms with Crippen LogP contribution in [0.2, 0.25) is 0 Å². The fraction of sp³-hybridized carbons (Fsp3) is 0.280. The van der Waals surface area contributed by atoms with Gasteiger partial charge in [0.15, 0.2) is 16.6 Å². The third-order valence-electron chi connectivity index (χ3n) is 6.98. The first-order chi connectivity index (χ1) is 18.7. The fourth-order valence-electron chi connectivity index (χ4n) is 5.05. The predicted molar refractivity (Wildman–Crippen MR) is 142 cm³/mol. The molecule has 0 bridgehead atoms. The number of carboxylic acids is 1. The van der Waals surface area contributed by atoms with Crippen molar-refractivity contribution < 1.29 is 24.0 Å². The van der Waals surface area contributed by atoms with Crippen molar-refractivity contribution in [2.45, 2.75) is 13.0 Å². The lowest BCUT2D eigenvalue weighted by Gasteiger charge is -2.38. The molecule has 0 saturated carbocycles. The number of hydrogen-bond donors (Lipinski definition) is 1. The quantitative estimate of drug-likeness (QED) is 0.288. The van der Waals surface area contributed by atoms with Gasteiger partial charge in [-0.3, -0.25) is 14.9 Å². The number of ether oxygens (including phenoxy) is 1. The van der Waals surface area contributed by atoms with Gasteiger partial charge in [-0.25, -0.2) is 9.18 Å². The van der Waals surface area contributed by atoms with Crippen molar-refractivity contribution in [3.63, 3.8) is 0 Å². The number of hydrogen-bond acceptors (Lipinski definition) is 10. The van der Waals surface area contributed by atoms with Crippen molar-refractivity contribution in [3.8, 4) is 16.3 Å². The third-order valence-corrected chi connectivity index (χ3v) is 8.00. The molecule has 2 aliphatic heterocycles. The standard InChI is InChI=1S/C25H21FN6O6S/c1-13-12-38-22-19-15(21(33)16(24(34)35)11-31(13)19)10-17(26)20(22)29-6-8-30(9-7-29)25-28-27-23(39-25)14-4-2-3-5-18(14)32(36)37/h2-5,10-11,13H,6-9,12H2,1H3,(H,34,35)/t13-/m0/s1. The number of carbonyl (C=O) groups is 1. The number of carboxylic acid groups (broad SMARTS) is 1. The molecule has 0 aliphatic carbocycles. The molecule has 200 valence electrons. The van der Waals surface area contributed by atoms with Crippen LogP contribution in [0.1, 0.15) is 23.3 Å². The molecule has 1 saturated heterocycles. The second kappa shape index (κ2) is 9.31. The van der Waals surface area contributed by atoms with Crippen molar-refractivity contribution >= 4 is 44.7 Å². The van der Waals surface area contributed by atoms with Crippen molar-refractivity contribution in [2.75, 3.05) is 42.6 Å². The monoisotopic (exact) mass is 552 g/mol. The van der Waals surface area contributed by atoms with Gasteiger partial charge in [0, 0.05) is 38.4 Å². The number of nitro benzene ring substituents is 1. The molecule has 39 heavy (non-hydrogen) atoms. The molecule has 2 aromatic heterocycles. The van der Waals surface area contributed by atoms with Crippen LogP contribution >= 0.6 is 11.3 Å². The van der Waals surface area contributed by atoms with E-state index in [0.29, 0.717) is 47.4 Å². The van der Waals surface area contributed by atoms with Crippen LogP contribution in [0.25, 0.3) is 21.5 Å². The zero-order chi connectivity index (χ0) is 27.4. The summed E-state index contributed by atoms with van der Waals surface area (Å²) in [4.78, 5) is 39.2. The van der Waals surface area contributed by atoms with Crippen LogP contribution in [0.5, 0.6) is 5.75 Å². The molecular formula is C25H21FN6O6S. The highest BCUT2D eigenvalue weighted by Gasteiger charge is 2.32. The van der Waals surface area contributed by atoms with E-state index in [1.807, 2.05) is 16.7 Å². The first kappa shape index (κ1) is 24.7. The molecule has 12 nitrogen and oxygen atoms in total. The zero-order valence-corrected chi connectivity index (χ0v) is 21.4. The Hall–Kier alpha value is -4.59. The molecule has 0 spiro atoms. The Morgan fingerprint density at radius 2 is 1.92 bits per heavy atom. The summed E-state index contributed by atoms with van der Waals surface area (Å²) in [6, 6.07) is 7.20. The van der Waals surface area contributed by atoms with E-state index >= 15 is 4.39 Å². The lowest BCUT2D eigenvalue weighted by Crippen LogP contribution is -2.47. The Balaban J connectivity index is 1.30. The number of aromatic nitrogens is 3. The molecule has 1 atom stereocenters. The predicted octanol–water partition coefficient (Wildman–Crippen LogP) is 3.55. The number of rotatable bonds is 5. The molecule has 4 heterocycles. The van der Waals surface area contributed by atoms with Gasteiger partial charge >= 0.3 is 5.97 Å². The Labute approximate surface area is 223 Å². The zero-order valence-electron chi connectivity index (χ0n) is 20.5. The van der Waals surface area contributed by atoms with E-state index in [2.05, 4.69) is 10.2 Å². The molecule has 2 aliphatic rings. The summed E-state index contributed by atoms with van der Waals surface area (Å²) >= 11 is 1.25. The lowest BCUT2D eigenvalue weighted by molar-refractivity contribution is -0.384. The van der Waals surface area contributed by atoms with Gasteiger partial charge in [-0.15, -0.1) is 10.2 Å². The number of para-hydroxylation sites is 1. The summed E-state index contributed by atoms with van der Waals surface area (Å²) in [5.41, 5.74) is -0.224. The van der Waals surface area contributed by atoms with E-state index in [1.54, 1.807) is 22.8 Å². The lowest BCUT2D eigenvalue weighted by atomic mass is 10.1. The van der Waals surface area contributed by atoms with Crippen molar-refractivity contribution in [1.82, 2.24) is 14.8 Å². The van der Waals surface area contributed by atoms with Crippen molar-refractivity contribution in [3.05, 3.63) is 68.2 Å². The number of benzene rings is 2. The van der Waals surface area contributed by atoms with E-state index < -0.39 is 27.7 Å². The van der Waals surface area contributed by atoms with Gasteiger partial charge < -0.3 is 24.2 Å². The van der Waals surface area contributed by atoms with E-state index in [0.717, 1.165) is 6.07 Å². The van der Waals surface area contributed by atoms with E-state index in [-0.39, 0.29) is 35.2 Å². The molecule has 0 radical (unpaired) electrons. The number of halogens is 1. The Kier molecular flexibility index (Phi) is 5.90. The van der Waals surface area contributed by atoms with Crippen molar-refractivity contribution in [1.29, 1.82) is 0 Å². The Morgan fingerprint density at radius 1 is 1.21 bits per heavy atom. The van der Waals surface area contributed by atoms with Crippen LogP contribution < -0.4 is 20.0 Å². The van der Waals surface area contributed by atoms with Gasteiger partial charge in [-0.2, -0.15) is 0 Å². The molecular weight excluding hydrogens is 531 g/mol. The normalized spacial score (nSPS) is 16.8. The Bertz CT molecular complexity index is 1710. The van der Waals surface area contributed by atoms with Crippen LogP contribution in [0.3, 0.4) is 0 Å². The van der Waals surface area contributed by atoms with Crippen LogP contribution in [0, 0.1) is 15.9 Å². The molecule has 0 amide bonds. The number of nitrogens with zero attached hydrogens (tertiary/aromatic N) is 6. The van der Waals surface area contributed by atoms with Crippen LogP contribution in [0.15, 0.2) is 41.3 Å². The summed E-state index contributed by atoms with van der Waals surface area (Å²) in [6.45, 7) is 3.80. The van der Waals surface area contributed by atoms with Crippen LogP contribution in [0.4, 0.5) is 20.9 Å². The smallest absolute Gasteiger partial charge is 0.341 e. The van der Waals surface area contributed by atoms with Crippen LogP contribution in [-0.4, -0.2) is 63.5 Å². The molecule has 6 rings (SSSR count). The number of nitro groups is 1. The molecule has 0 unspecified atom stereocenters. The number of aromatic carboxylic acids is 1. The minimum Gasteiger partial charge on any atom is -0.487 e. The minimum atomic E-state index is -1.37. The van der Waals surface area contributed by atoms with Gasteiger partial charge in [-0.05, 0) is 19.1 Å². The summed E-state index contributed by atoms with van der Waals surface area (Å²) in [5.74, 6) is -1.81. The van der Waals surface area contributed by atoms with Gasteiger partial charge in [-0.1, -0.05) is 23.5 Å². The van der Waals surface area contributed by atoms with Gasteiger partial charge in [0.2, 0.25) is 10.6 Å². The SMILES string of the molecule is C[C@H]1COc2c(N3CCN(c4nnc(-c5ccccc5[N+](=O)[O-])s4)CC3)c(F)cc3c(=O)c(C(=O)O)cn1c23. The molecule has 1 N–H and O–H groups in total. The van der Waals surface area contributed by atoms with Gasteiger partial charge in [0.25, 0.3) is 5.69 Å². The van der Waals surface area contributed by atoms with E-state index in [4.69, 9.17) is 4.74 Å². The molecule has 2 aromatic carbocycles. The number of pyridine rings is 1. The third kappa shape index (κ3) is 4.03. The summed E-state index contributed by atoms with van der Waals surface area (Å²) < 4.78 is 23.1. The Morgan fingerprint density at radius 3 is 2.64 bits per heavy atom. The highest BCUT2D eigenvalue weighted by molar-refractivity contribution is 7.18. The average Bonchev–Trinajstić information content (AvgIpc) is 3.42. The van der Waals surface area contributed by atoms with Crippen molar-refractivity contribution in [2.24, 2.45) is 0 Å². The highest BCUT2D eigenvalue weighted by atomic mass is 32.1. The topological polar surface area (TPSA) is 144 Å². The second-order valence-electron chi connectivity index (χ2n) is 9.31.